The molecule has 2 N–H and O–H groups in total. The number of pyridine rings is 1. The Morgan fingerprint density at radius 1 is 1.67 bits per heavy atom. The normalized spacial score (nSPS) is 11.9. The van der Waals surface area contributed by atoms with Gasteiger partial charge in [0.25, 0.3) is 0 Å². The summed E-state index contributed by atoms with van der Waals surface area (Å²) in [6, 6.07) is 2.90. The number of nitrogens with zero attached hydrogens (tertiary/aromatic N) is 3. The maximum absolute atomic E-state index is 10.4. The Hall–Kier alpha value is -2.24. The molecular weight excluding hydrogens is 196 g/mol. The summed E-state index contributed by atoms with van der Waals surface area (Å²) in [5, 5.41) is 10.4. The lowest BCUT2D eigenvalue weighted by atomic mass is 10.1. The molecule has 0 aliphatic heterocycles. The molecule has 6 heteroatoms. The molecule has 1 heterocycles. The van der Waals surface area contributed by atoms with Crippen LogP contribution >= 0.6 is 0 Å². The fourth-order valence-electron chi connectivity index (χ4n) is 1.02. The van der Waals surface area contributed by atoms with Gasteiger partial charge in [0.15, 0.2) is 0 Å². The van der Waals surface area contributed by atoms with Crippen molar-refractivity contribution in [1.82, 2.24) is 4.98 Å². The number of nitrogens with two attached hydrogens (primary N) is 1. The summed E-state index contributed by atoms with van der Waals surface area (Å²) in [4.78, 5) is 17.3. The first-order valence-corrected chi connectivity index (χ1v) is 4.14. The maximum Gasteiger partial charge on any atom is 0.363 e. The van der Waals surface area contributed by atoms with Gasteiger partial charge >= 0.3 is 5.82 Å². The van der Waals surface area contributed by atoms with Crippen LogP contribution in [0.2, 0.25) is 0 Å². The van der Waals surface area contributed by atoms with E-state index in [0.717, 1.165) is 0 Å². The van der Waals surface area contributed by atoms with Crippen LogP contribution in [-0.4, -0.2) is 23.2 Å². The molecule has 0 atom stereocenters. The summed E-state index contributed by atoms with van der Waals surface area (Å²) >= 11 is 0. The molecule has 0 aliphatic carbocycles. The molecule has 0 fully saturated rings. The highest BCUT2D eigenvalue weighted by atomic mass is 16.6. The monoisotopic (exact) mass is 206 g/mol. The predicted octanol–water partition coefficient (Wildman–Crippen LogP) is 0.990. The van der Waals surface area contributed by atoms with Crippen molar-refractivity contribution in [2.75, 3.05) is 7.05 Å². The van der Waals surface area contributed by atoms with Gasteiger partial charge in [0.2, 0.25) is 0 Å². The molecule has 1 aromatic rings. The van der Waals surface area contributed by atoms with E-state index in [1.807, 2.05) is 0 Å². The third kappa shape index (κ3) is 2.60. The van der Waals surface area contributed by atoms with Crippen molar-refractivity contribution < 1.29 is 4.92 Å². The number of aromatic nitrogens is 1. The molecule has 0 spiro atoms. The lowest BCUT2D eigenvalue weighted by molar-refractivity contribution is -0.389. The highest BCUT2D eigenvalue weighted by molar-refractivity contribution is 6.09. The van der Waals surface area contributed by atoms with E-state index in [-0.39, 0.29) is 5.82 Å². The molecule has 0 radical (unpaired) electrons. The van der Waals surface area contributed by atoms with Crippen LogP contribution in [0.4, 0.5) is 5.82 Å². The van der Waals surface area contributed by atoms with E-state index in [2.05, 4.69) is 9.98 Å². The molecule has 0 saturated heterocycles. The fraction of sp³-hybridized carbons (Fsp3) is 0.111. The van der Waals surface area contributed by atoms with Crippen LogP contribution in [0.1, 0.15) is 5.56 Å². The number of nitro groups is 1. The standard InChI is InChI=1S/C9H10N4O2/c1-11-5-8(4-10)7-2-3-9(12-6-7)13(14)15/h2-6H,10H2,1H3. The molecule has 15 heavy (non-hydrogen) atoms. The van der Waals surface area contributed by atoms with Gasteiger partial charge in [-0.05, 0) is 16.0 Å². The summed E-state index contributed by atoms with van der Waals surface area (Å²) in [6.07, 6.45) is 4.32. The van der Waals surface area contributed by atoms with Gasteiger partial charge in [-0.2, -0.15) is 0 Å². The van der Waals surface area contributed by atoms with Crippen LogP contribution in [0.3, 0.4) is 0 Å². The number of aliphatic imine (C=N–C) groups is 1. The second-order valence-corrected chi connectivity index (χ2v) is 2.67. The van der Waals surface area contributed by atoms with Gasteiger partial charge < -0.3 is 15.8 Å². The number of allylic oxidation sites excluding steroid dienone is 1. The fourth-order valence-corrected chi connectivity index (χ4v) is 1.02. The van der Waals surface area contributed by atoms with Crippen molar-refractivity contribution in [2.45, 2.75) is 0 Å². The van der Waals surface area contributed by atoms with Gasteiger partial charge in [-0.15, -0.1) is 0 Å². The lowest BCUT2D eigenvalue weighted by Gasteiger charge is -1.97. The Morgan fingerprint density at radius 3 is 2.80 bits per heavy atom. The minimum absolute atomic E-state index is 0.191. The van der Waals surface area contributed by atoms with E-state index in [1.165, 1.54) is 18.5 Å². The van der Waals surface area contributed by atoms with Gasteiger partial charge in [0, 0.05) is 36.7 Å². The van der Waals surface area contributed by atoms with Crippen molar-refractivity contribution >= 4 is 17.6 Å². The molecule has 78 valence electrons. The highest BCUT2D eigenvalue weighted by Gasteiger charge is 2.07. The van der Waals surface area contributed by atoms with E-state index >= 15 is 0 Å². The molecule has 0 aliphatic rings. The smallest absolute Gasteiger partial charge is 0.363 e. The maximum atomic E-state index is 10.4. The number of rotatable bonds is 3. The van der Waals surface area contributed by atoms with Crippen LogP contribution in [0.25, 0.3) is 5.57 Å². The quantitative estimate of drug-likeness (QED) is 0.453. The van der Waals surface area contributed by atoms with Crippen LogP contribution < -0.4 is 5.73 Å². The largest absolute Gasteiger partial charge is 0.404 e. The second kappa shape index (κ2) is 4.85. The van der Waals surface area contributed by atoms with E-state index in [9.17, 15) is 10.1 Å². The third-order valence-corrected chi connectivity index (χ3v) is 1.72. The molecule has 0 saturated carbocycles. The molecular formula is C9H10N4O2. The molecule has 6 nitrogen and oxygen atoms in total. The van der Waals surface area contributed by atoms with Crippen molar-refractivity contribution in [3.8, 4) is 0 Å². The van der Waals surface area contributed by atoms with Crippen LogP contribution in [0, 0.1) is 10.1 Å². The summed E-state index contributed by atoms with van der Waals surface area (Å²) < 4.78 is 0. The zero-order chi connectivity index (χ0) is 11.3. The topological polar surface area (TPSA) is 94.4 Å². The zero-order valence-corrected chi connectivity index (χ0v) is 8.12. The number of hydrogen-bond donors (Lipinski definition) is 1. The van der Waals surface area contributed by atoms with Gasteiger partial charge in [-0.3, -0.25) is 4.99 Å². The number of hydrogen-bond acceptors (Lipinski definition) is 5. The lowest BCUT2D eigenvalue weighted by Crippen LogP contribution is -1.95. The van der Waals surface area contributed by atoms with Crippen molar-refractivity contribution in [2.24, 2.45) is 10.7 Å². The van der Waals surface area contributed by atoms with Gasteiger partial charge in [0.05, 0.1) is 0 Å². The first kappa shape index (κ1) is 10.8. The van der Waals surface area contributed by atoms with Crippen LogP contribution in [0.15, 0.2) is 29.5 Å². The average molecular weight is 206 g/mol. The third-order valence-electron chi connectivity index (χ3n) is 1.72. The minimum Gasteiger partial charge on any atom is -0.404 e. The molecule has 0 aromatic carbocycles. The average Bonchev–Trinajstić information content (AvgIpc) is 2.26. The molecule has 0 bridgehead atoms. The Balaban J connectivity index is 3.02. The molecule has 1 aromatic heterocycles. The highest BCUT2D eigenvalue weighted by Crippen LogP contribution is 2.13. The van der Waals surface area contributed by atoms with E-state index in [1.54, 1.807) is 19.3 Å². The van der Waals surface area contributed by atoms with Crippen molar-refractivity contribution in [1.29, 1.82) is 0 Å². The predicted molar refractivity (Wildman–Crippen MR) is 57.5 cm³/mol. The molecule has 0 amide bonds. The molecule has 1 rings (SSSR count). The van der Waals surface area contributed by atoms with E-state index < -0.39 is 4.92 Å². The Bertz CT molecular complexity index is 409. The van der Waals surface area contributed by atoms with Crippen LogP contribution in [-0.2, 0) is 0 Å². The zero-order valence-electron chi connectivity index (χ0n) is 8.12. The summed E-state index contributed by atoms with van der Waals surface area (Å²) in [5.74, 6) is -0.191. The van der Waals surface area contributed by atoms with E-state index in [4.69, 9.17) is 5.73 Å². The Labute approximate surface area is 86.3 Å². The SMILES string of the molecule is CN=CC(=CN)c1ccc([N+](=O)[O-])nc1. The van der Waals surface area contributed by atoms with Crippen molar-refractivity contribution in [3.05, 3.63) is 40.2 Å². The Morgan fingerprint density at radius 2 is 2.40 bits per heavy atom. The van der Waals surface area contributed by atoms with Crippen molar-refractivity contribution in [3.63, 3.8) is 0 Å². The molecule has 0 unspecified atom stereocenters. The summed E-state index contributed by atoms with van der Waals surface area (Å²) in [5.41, 5.74) is 6.73. The van der Waals surface area contributed by atoms with Gasteiger partial charge in [-0.1, -0.05) is 0 Å². The summed E-state index contributed by atoms with van der Waals surface area (Å²) in [7, 11) is 1.61. The minimum atomic E-state index is -0.552. The summed E-state index contributed by atoms with van der Waals surface area (Å²) in [6.45, 7) is 0. The van der Waals surface area contributed by atoms with E-state index in [0.29, 0.717) is 11.1 Å². The second-order valence-electron chi connectivity index (χ2n) is 2.67. The first-order chi connectivity index (χ1) is 7.19. The first-order valence-electron chi connectivity index (χ1n) is 4.14. The van der Waals surface area contributed by atoms with Gasteiger partial charge in [0.1, 0.15) is 6.20 Å². The van der Waals surface area contributed by atoms with Crippen LogP contribution in [0.5, 0.6) is 0 Å². The Kier molecular flexibility index (Phi) is 3.50. The van der Waals surface area contributed by atoms with Gasteiger partial charge in [-0.25, -0.2) is 0 Å².